The van der Waals surface area contributed by atoms with Gasteiger partial charge in [0.25, 0.3) is 0 Å². The largest absolute Gasteiger partial charge is 0.489 e. The van der Waals surface area contributed by atoms with Crippen LogP contribution in [0.2, 0.25) is 0 Å². The Bertz CT molecular complexity index is 588. The number of aryl methyl sites for hydroxylation is 1. The number of rotatable bonds is 5. The zero-order valence-corrected chi connectivity index (χ0v) is 11.8. The second-order valence-electron chi connectivity index (χ2n) is 4.64. The first-order valence-electron chi connectivity index (χ1n) is 6.43. The molecule has 114 valence electrons. The number of benzene rings is 1. The maximum absolute atomic E-state index is 12.4. The Hall–Kier alpha value is -1.95. The molecule has 0 bridgehead atoms. The number of furan rings is 1. The summed E-state index contributed by atoms with van der Waals surface area (Å²) in [6, 6.07) is 6.50. The Kier molecular flexibility index (Phi) is 4.57. The van der Waals surface area contributed by atoms with Crippen LogP contribution in [-0.4, -0.2) is 7.05 Å². The van der Waals surface area contributed by atoms with Gasteiger partial charge in [0.2, 0.25) is 0 Å². The maximum atomic E-state index is 12.4. The SMILES string of the molecule is CNCc1cc(COc2ccc(C(F)(F)F)cc2)c(C)o1. The minimum absolute atomic E-state index is 0.254. The topological polar surface area (TPSA) is 34.4 Å². The van der Waals surface area contributed by atoms with E-state index in [-0.39, 0.29) is 6.61 Å². The molecule has 21 heavy (non-hydrogen) atoms. The van der Waals surface area contributed by atoms with Gasteiger partial charge in [-0.2, -0.15) is 13.2 Å². The van der Waals surface area contributed by atoms with Crippen LogP contribution in [0.3, 0.4) is 0 Å². The minimum Gasteiger partial charge on any atom is -0.489 e. The van der Waals surface area contributed by atoms with Crippen molar-refractivity contribution in [1.29, 1.82) is 0 Å². The van der Waals surface area contributed by atoms with Gasteiger partial charge in [-0.1, -0.05) is 0 Å². The lowest BCUT2D eigenvalue weighted by Crippen LogP contribution is -2.04. The molecule has 0 amide bonds. The molecule has 0 fully saturated rings. The highest BCUT2D eigenvalue weighted by atomic mass is 19.4. The maximum Gasteiger partial charge on any atom is 0.416 e. The van der Waals surface area contributed by atoms with E-state index in [1.165, 1.54) is 12.1 Å². The van der Waals surface area contributed by atoms with Gasteiger partial charge in [-0.25, -0.2) is 0 Å². The van der Waals surface area contributed by atoms with Gasteiger partial charge < -0.3 is 14.5 Å². The monoisotopic (exact) mass is 299 g/mol. The Morgan fingerprint density at radius 3 is 2.43 bits per heavy atom. The van der Waals surface area contributed by atoms with Gasteiger partial charge in [0.1, 0.15) is 23.9 Å². The van der Waals surface area contributed by atoms with Crippen LogP contribution >= 0.6 is 0 Å². The van der Waals surface area contributed by atoms with Crippen LogP contribution in [0.1, 0.15) is 22.6 Å². The molecule has 6 heteroatoms. The van der Waals surface area contributed by atoms with Crippen molar-refractivity contribution >= 4 is 0 Å². The fraction of sp³-hybridized carbons (Fsp3) is 0.333. The summed E-state index contributed by atoms with van der Waals surface area (Å²) in [4.78, 5) is 0. The summed E-state index contributed by atoms with van der Waals surface area (Å²) in [7, 11) is 1.82. The van der Waals surface area contributed by atoms with Gasteiger partial charge in [-0.15, -0.1) is 0 Å². The first-order valence-corrected chi connectivity index (χ1v) is 6.43. The van der Waals surface area contributed by atoms with Gasteiger partial charge in [0.15, 0.2) is 0 Å². The molecule has 0 saturated carbocycles. The van der Waals surface area contributed by atoms with Crippen LogP contribution in [0, 0.1) is 6.92 Å². The van der Waals surface area contributed by atoms with Crippen LogP contribution < -0.4 is 10.1 Å². The second kappa shape index (κ2) is 6.22. The highest BCUT2D eigenvalue weighted by molar-refractivity contribution is 5.29. The second-order valence-corrected chi connectivity index (χ2v) is 4.64. The van der Waals surface area contributed by atoms with Crippen molar-refractivity contribution in [3.05, 3.63) is 53.0 Å². The fourth-order valence-electron chi connectivity index (χ4n) is 1.89. The zero-order valence-electron chi connectivity index (χ0n) is 11.8. The molecule has 1 heterocycles. The average molecular weight is 299 g/mol. The molecule has 2 aromatic rings. The molecule has 0 atom stereocenters. The lowest BCUT2D eigenvalue weighted by atomic mass is 10.2. The molecular weight excluding hydrogens is 283 g/mol. The van der Waals surface area contributed by atoms with E-state index in [2.05, 4.69) is 5.32 Å². The average Bonchev–Trinajstić information content (AvgIpc) is 2.76. The quantitative estimate of drug-likeness (QED) is 0.909. The minimum atomic E-state index is -4.33. The molecule has 0 spiro atoms. The smallest absolute Gasteiger partial charge is 0.416 e. The van der Waals surface area contributed by atoms with Gasteiger partial charge >= 0.3 is 6.18 Å². The van der Waals surface area contributed by atoms with Gasteiger partial charge in [-0.3, -0.25) is 0 Å². The van der Waals surface area contributed by atoms with E-state index in [4.69, 9.17) is 9.15 Å². The summed E-state index contributed by atoms with van der Waals surface area (Å²) in [6.07, 6.45) is -4.33. The zero-order chi connectivity index (χ0) is 15.5. The molecule has 0 saturated heterocycles. The highest BCUT2D eigenvalue weighted by Gasteiger charge is 2.30. The van der Waals surface area contributed by atoms with E-state index in [1.54, 1.807) is 0 Å². The van der Waals surface area contributed by atoms with E-state index in [0.717, 1.165) is 29.2 Å². The normalized spacial score (nSPS) is 11.7. The Balaban J connectivity index is 2.00. The summed E-state index contributed by atoms with van der Waals surface area (Å²) >= 11 is 0. The number of nitrogens with one attached hydrogen (secondary N) is 1. The molecule has 3 nitrogen and oxygen atoms in total. The highest BCUT2D eigenvalue weighted by Crippen LogP contribution is 2.30. The molecule has 0 aliphatic heterocycles. The van der Waals surface area contributed by atoms with Crippen molar-refractivity contribution in [2.45, 2.75) is 26.3 Å². The summed E-state index contributed by atoms with van der Waals surface area (Å²) in [5.41, 5.74) is 0.186. The Morgan fingerprint density at radius 1 is 1.19 bits per heavy atom. The number of hydrogen-bond donors (Lipinski definition) is 1. The third-order valence-corrected chi connectivity index (χ3v) is 3.00. The number of hydrogen-bond acceptors (Lipinski definition) is 3. The molecule has 1 aromatic heterocycles. The van der Waals surface area contributed by atoms with Crippen molar-refractivity contribution in [2.24, 2.45) is 0 Å². The Labute approximate surface area is 120 Å². The molecule has 1 N–H and O–H groups in total. The van der Waals surface area contributed by atoms with Crippen molar-refractivity contribution < 1.29 is 22.3 Å². The third kappa shape index (κ3) is 4.01. The van der Waals surface area contributed by atoms with E-state index >= 15 is 0 Å². The molecule has 0 aliphatic rings. The molecule has 2 rings (SSSR count). The third-order valence-electron chi connectivity index (χ3n) is 3.00. The number of alkyl halides is 3. The van der Waals surface area contributed by atoms with Crippen molar-refractivity contribution in [3.8, 4) is 5.75 Å². The molecule has 1 aromatic carbocycles. The Morgan fingerprint density at radius 2 is 1.86 bits per heavy atom. The van der Waals surface area contributed by atoms with Crippen LogP contribution in [0.5, 0.6) is 5.75 Å². The summed E-state index contributed by atoms with van der Waals surface area (Å²) < 4.78 is 48.3. The fourth-order valence-corrected chi connectivity index (χ4v) is 1.89. The molecular formula is C15H16F3NO2. The standard InChI is InChI=1S/C15H16F3NO2/c1-10-11(7-14(21-10)8-19-2)9-20-13-5-3-12(4-6-13)15(16,17)18/h3-7,19H,8-9H2,1-2H3. The predicted octanol–water partition coefficient (Wildman–Crippen LogP) is 3.91. The van der Waals surface area contributed by atoms with E-state index in [0.29, 0.717) is 12.3 Å². The van der Waals surface area contributed by atoms with Crippen LogP contribution in [-0.2, 0) is 19.3 Å². The van der Waals surface area contributed by atoms with Crippen molar-refractivity contribution in [1.82, 2.24) is 5.32 Å². The van der Waals surface area contributed by atoms with E-state index in [9.17, 15) is 13.2 Å². The molecule has 0 aliphatic carbocycles. The van der Waals surface area contributed by atoms with E-state index < -0.39 is 11.7 Å². The van der Waals surface area contributed by atoms with Crippen LogP contribution in [0.15, 0.2) is 34.7 Å². The summed E-state index contributed by atoms with van der Waals surface area (Å²) in [5, 5.41) is 2.98. The lowest BCUT2D eigenvalue weighted by molar-refractivity contribution is -0.137. The van der Waals surface area contributed by atoms with Gasteiger partial charge in [0.05, 0.1) is 12.1 Å². The van der Waals surface area contributed by atoms with Crippen molar-refractivity contribution in [2.75, 3.05) is 7.05 Å². The van der Waals surface area contributed by atoms with Crippen LogP contribution in [0.25, 0.3) is 0 Å². The van der Waals surface area contributed by atoms with E-state index in [1.807, 2.05) is 20.0 Å². The van der Waals surface area contributed by atoms with Gasteiger partial charge in [-0.05, 0) is 44.3 Å². The van der Waals surface area contributed by atoms with Crippen LogP contribution in [0.4, 0.5) is 13.2 Å². The number of ether oxygens (including phenoxy) is 1. The van der Waals surface area contributed by atoms with Crippen molar-refractivity contribution in [3.63, 3.8) is 0 Å². The lowest BCUT2D eigenvalue weighted by Gasteiger charge is -2.08. The summed E-state index contributed by atoms with van der Waals surface area (Å²) in [5.74, 6) is 1.92. The molecule has 0 unspecified atom stereocenters. The first-order chi connectivity index (χ1) is 9.90. The predicted molar refractivity (Wildman–Crippen MR) is 72.0 cm³/mol. The first kappa shape index (κ1) is 15.4. The summed E-state index contributed by atoms with van der Waals surface area (Å²) in [6.45, 7) is 2.69. The number of halogens is 3. The van der Waals surface area contributed by atoms with Gasteiger partial charge in [0, 0.05) is 5.56 Å². The molecule has 0 radical (unpaired) electrons.